The number of ether oxygens (including phenoxy) is 1. The zero-order valence-electron chi connectivity index (χ0n) is 19.2. The van der Waals surface area contributed by atoms with Crippen molar-refractivity contribution in [3.63, 3.8) is 0 Å². The zero-order valence-corrected chi connectivity index (χ0v) is 23.3. The molecule has 0 aliphatic rings. The SMILES string of the molecule is CC(OP(=O)(CCCBr)NCCBr)c1ccc([N+](=O)[O-])c(Oc2cccc(C(=O)N(C)C)c2)c1. The molecule has 34 heavy (non-hydrogen) atoms. The highest BCUT2D eigenvalue weighted by molar-refractivity contribution is 9.09. The smallest absolute Gasteiger partial charge is 0.311 e. The van der Waals surface area contributed by atoms with Gasteiger partial charge in [-0.1, -0.05) is 37.9 Å². The molecule has 2 aromatic carbocycles. The molecule has 0 aliphatic carbocycles. The lowest BCUT2D eigenvalue weighted by Crippen LogP contribution is -2.21. The van der Waals surface area contributed by atoms with Crippen LogP contribution in [0.2, 0.25) is 0 Å². The topological polar surface area (TPSA) is 111 Å². The molecule has 0 bridgehead atoms. The highest BCUT2D eigenvalue weighted by Crippen LogP contribution is 2.48. The molecule has 9 nitrogen and oxygen atoms in total. The van der Waals surface area contributed by atoms with Crippen LogP contribution < -0.4 is 9.82 Å². The second kappa shape index (κ2) is 13.3. The Kier molecular flexibility index (Phi) is 11.2. The fourth-order valence-corrected chi connectivity index (χ4v) is 6.28. The van der Waals surface area contributed by atoms with Gasteiger partial charge in [-0.3, -0.25) is 19.5 Å². The summed E-state index contributed by atoms with van der Waals surface area (Å²) in [6, 6.07) is 10.8. The second-order valence-electron chi connectivity index (χ2n) is 7.60. The first kappa shape index (κ1) is 28.5. The number of benzene rings is 2. The molecule has 1 amide bonds. The van der Waals surface area contributed by atoms with Crippen molar-refractivity contribution >= 4 is 51.0 Å². The Morgan fingerprint density at radius 2 is 1.94 bits per heavy atom. The van der Waals surface area contributed by atoms with Crippen LogP contribution in [-0.4, -0.2) is 53.2 Å². The summed E-state index contributed by atoms with van der Waals surface area (Å²) in [7, 11) is 0.127. The number of nitrogens with one attached hydrogen (secondary N) is 1. The van der Waals surface area contributed by atoms with E-state index in [-0.39, 0.29) is 23.1 Å². The Balaban J connectivity index is 2.34. The van der Waals surface area contributed by atoms with Gasteiger partial charge in [0.15, 0.2) is 0 Å². The van der Waals surface area contributed by atoms with Crippen LogP contribution in [0.3, 0.4) is 0 Å². The molecule has 2 aromatic rings. The minimum absolute atomic E-state index is 0.00360. The molecule has 186 valence electrons. The third-order valence-electron chi connectivity index (χ3n) is 4.73. The van der Waals surface area contributed by atoms with Gasteiger partial charge >= 0.3 is 5.69 Å². The van der Waals surface area contributed by atoms with E-state index in [9.17, 15) is 19.5 Å². The lowest BCUT2D eigenvalue weighted by atomic mass is 10.1. The van der Waals surface area contributed by atoms with Crippen LogP contribution in [-0.2, 0) is 9.09 Å². The molecule has 2 atom stereocenters. The summed E-state index contributed by atoms with van der Waals surface area (Å²) in [6.07, 6.45) is 0.392. The van der Waals surface area contributed by atoms with E-state index in [1.54, 1.807) is 45.3 Å². The van der Waals surface area contributed by atoms with E-state index in [1.807, 2.05) is 0 Å². The normalized spacial score (nSPS) is 13.7. The highest BCUT2D eigenvalue weighted by Gasteiger charge is 2.27. The molecule has 0 saturated heterocycles. The van der Waals surface area contributed by atoms with Crippen molar-refractivity contribution in [1.82, 2.24) is 9.99 Å². The van der Waals surface area contributed by atoms with Gasteiger partial charge in [-0.15, -0.1) is 0 Å². The maximum atomic E-state index is 13.3. The van der Waals surface area contributed by atoms with Crippen LogP contribution in [0.4, 0.5) is 5.69 Å². The van der Waals surface area contributed by atoms with Crippen LogP contribution in [0.1, 0.15) is 35.4 Å². The van der Waals surface area contributed by atoms with Gasteiger partial charge in [-0.2, -0.15) is 0 Å². The number of carbonyl (C=O) groups is 1. The molecule has 0 aromatic heterocycles. The van der Waals surface area contributed by atoms with Gasteiger partial charge in [-0.05, 0) is 49.2 Å². The first-order valence-corrected chi connectivity index (χ1v) is 14.6. The monoisotopic (exact) mass is 619 g/mol. The maximum Gasteiger partial charge on any atom is 0.311 e. The van der Waals surface area contributed by atoms with Gasteiger partial charge in [0.2, 0.25) is 5.75 Å². The lowest BCUT2D eigenvalue weighted by Gasteiger charge is -2.24. The van der Waals surface area contributed by atoms with Crippen LogP contribution in [0, 0.1) is 10.1 Å². The highest BCUT2D eigenvalue weighted by atomic mass is 79.9. The first-order valence-electron chi connectivity index (χ1n) is 10.5. The standard InChI is InChI=1S/C22H28Br2N3O6P/c1-16(33-34(31,13-5-10-23)25-12-11-24)17-8-9-20(27(29)30)21(15-17)32-19-7-4-6-18(14-19)22(28)26(2)3/h4,6-9,14-16H,5,10-13H2,1-3H3,(H,25,31). The van der Waals surface area contributed by atoms with Crippen molar-refractivity contribution < 1.29 is 23.5 Å². The minimum atomic E-state index is -3.14. The van der Waals surface area contributed by atoms with E-state index < -0.39 is 18.5 Å². The van der Waals surface area contributed by atoms with Gasteiger partial charge in [0.25, 0.3) is 13.4 Å². The van der Waals surface area contributed by atoms with E-state index in [1.165, 1.54) is 23.1 Å². The molecule has 0 fully saturated rings. The summed E-state index contributed by atoms with van der Waals surface area (Å²) in [5, 5.41) is 15.9. The molecule has 2 unspecified atom stereocenters. The molecule has 0 aliphatic heterocycles. The predicted octanol–water partition coefficient (Wildman–Crippen LogP) is 6.13. The zero-order chi connectivity index (χ0) is 25.3. The van der Waals surface area contributed by atoms with Gasteiger partial charge in [-0.25, -0.2) is 5.09 Å². The van der Waals surface area contributed by atoms with Gasteiger partial charge in [0, 0.05) is 49.1 Å². The number of rotatable bonds is 13. The largest absolute Gasteiger partial charge is 0.450 e. The summed E-state index contributed by atoms with van der Waals surface area (Å²) in [5.74, 6) is 0.0607. The number of alkyl halides is 2. The average molecular weight is 621 g/mol. The molecule has 12 heteroatoms. The summed E-state index contributed by atoms with van der Waals surface area (Å²) in [5.41, 5.74) is 0.726. The van der Waals surface area contributed by atoms with Crippen LogP contribution in [0.25, 0.3) is 0 Å². The van der Waals surface area contributed by atoms with E-state index in [0.29, 0.717) is 40.9 Å². The fraction of sp³-hybridized carbons (Fsp3) is 0.409. The van der Waals surface area contributed by atoms with Crippen molar-refractivity contribution in [2.45, 2.75) is 19.4 Å². The quantitative estimate of drug-likeness (QED) is 0.124. The van der Waals surface area contributed by atoms with Crippen LogP contribution in [0.5, 0.6) is 11.5 Å². The van der Waals surface area contributed by atoms with E-state index in [4.69, 9.17) is 9.26 Å². The van der Waals surface area contributed by atoms with Crippen molar-refractivity contribution in [1.29, 1.82) is 0 Å². The number of amides is 1. The van der Waals surface area contributed by atoms with Crippen molar-refractivity contribution in [3.8, 4) is 11.5 Å². The Morgan fingerprint density at radius 1 is 1.21 bits per heavy atom. The molecular formula is C22H28Br2N3O6P. The average Bonchev–Trinajstić information content (AvgIpc) is 2.81. The summed E-state index contributed by atoms with van der Waals surface area (Å²) >= 11 is 6.66. The second-order valence-corrected chi connectivity index (χ2v) is 11.5. The van der Waals surface area contributed by atoms with Gasteiger partial charge in [0.1, 0.15) is 5.75 Å². The summed E-state index contributed by atoms with van der Waals surface area (Å²) < 4.78 is 25.0. The number of carbonyl (C=O) groups excluding carboxylic acids is 1. The Morgan fingerprint density at radius 3 is 2.56 bits per heavy atom. The maximum absolute atomic E-state index is 13.3. The van der Waals surface area contributed by atoms with Crippen LogP contribution in [0.15, 0.2) is 42.5 Å². The first-order chi connectivity index (χ1) is 16.1. The third kappa shape index (κ3) is 8.16. The van der Waals surface area contributed by atoms with E-state index in [0.717, 1.165) is 0 Å². The molecular weight excluding hydrogens is 593 g/mol. The summed E-state index contributed by atoms with van der Waals surface area (Å²) in [4.78, 5) is 24.7. The van der Waals surface area contributed by atoms with Crippen molar-refractivity contribution in [3.05, 3.63) is 63.7 Å². The fourth-order valence-electron chi connectivity index (χ4n) is 3.06. The lowest BCUT2D eigenvalue weighted by molar-refractivity contribution is -0.385. The minimum Gasteiger partial charge on any atom is -0.450 e. The van der Waals surface area contributed by atoms with Crippen LogP contribution >= 0.6 is 39.4 Å². The Bertz CT molecular complexity index is 1040. The number of nitro benzene ring substituents is 1. The molecule has 1 N–H and O–H groups in total. The number of nitro groups is 1. The molecule has 0 radical (unpaired) electrons. The van der Waals surface area contributed by atoms with E-state index >= 15 is 0 Å². The third-order valence-corrected chi connectivity index (χ3v) is 7.95. The van der Waals surface area contributed by atoms with Crippen molar-refractivity contribution in [2.75, 3.05) is 37.5 Å². The predicted molar refractivity (Wildman–Crippen MR) is 140 cm³/mol. The Labute approximate surface area is 216 Å². The molecule has 0 spiro atoms. The number of nitrogens with zero attached hydrogens (tertiary/aromatic N) is 2. The summed E-state index contributed by atoms with van der Waals surface area (Å²) in [6.45, 7) is 2.21. The number of hydrogen-bond donors (Lipinski definition) is 1. The molecule has 0 heterocycles. The van der Waals surface area contributed by atoms with Gasteiger partial charge in [0.05, 0.1) is 11.0 Å². The number of halogens is 2. The Hall–Kier alpha value is -1.78. The van der Waals surface area contributed by atoms with Crippen molar-refractivity contribution in [2.24, 2.45) is 0 Å². The molecule has 0 saturated carbocycles. The van der Waals surface area contributed by atoms with E-state index in [2.05, 4.69) is 36.9 Å². The molecule has 2 rings (SSSR count). The number of hydrogen-bond acceptors (Lipinski definition) is 6. The van der Waals surface area contributed by atoms with Gasteiger partial charge < -0.3 is 14.2 Å².